The molecule has 146 valence electrons. The van der Waals surface area contributed by atoms with Crippen LogP contribution in [0.1, 0.15) is 44.2 Å². The van der Waals surface area contributed by atoms with Crippen molar-refractivity contribution in [1.29, 1.82) is 0 Å². The predicted molar refractivity (Wildman–Crippen MR) is 103 cm³/mol. The molecule has 0 radical (unpaired) electrons. The molecule has 1 atom stereocenters. The summed E-state index contributed by atoms with van der Waals surface area (Å²) in [6.45, 7) is 8.16. The van der Waals surface area contributed by atoms with Crippen LogP contribution in [0.25, 0.3) is 0 Å². The molecule has 1 aliphatic heterocycles. The SMILES string of the molecule is CCOC(=O)CC(C)CNC(=O)C1=NN(c2cc(C)ccc2C)C(=O)CC1. The van der Waals surface area contributed by atoms with Crippen LogP contribution in [0, 0.1) is 19.8 Å². The maximum Gasteiger partial charge on any atom is 0.306 e. The van der Waals surface area contributed by atoms with Crippen molar-refractivity contribution in [2.45, 2.75) is 47.0 Å². The van der Waals surface area contributed by atoms with Crippen molar-refractivity contribution in [2.24, 2.45) is 11.0 Å². The van der Waals surface area contributed by atoms with E-state index in [9.17, 15) is 14.4 Å². The average molecular weight is 373 g/mol. The van der Waals surface area contributed by atoms with Crippen molar-refractivity contribution in [3.63, 3.8) is 0 Å². The van der Waals surface area contributed by atoms with Crippen molar-refractivity contribution in [1.82, 2.24) is 5.32 Å². The Balaban J connectivity index is 2.04. The van der Waals surface area contributed by atoms with Crippen LogP contribution in [0.4, 0.5) is 5.69 Å². The third kappa shape index (κ3) is 5.64. The van der Waals surface area contributed by atoms with E-state index in [0.29, 0.717) is 31.0 Å². The summed E-state index contributed by atoms with van der Waals surface area (Å²) in [7, 11) is 0. The van der Waals surface area contributed by atoms with Gasteiger partial charge >= 0.3 is 5.97 Å². The van der Waals surface area contributed by atoms with Gasteiger partial charge in [-0.3, -0.25) is 14.4 Å². The van der Waals surface area contributed by atoms with Gasteiger partial charge in [-0.1, -0.05) is 19.1 Å². The number of carbonyl (C=O) groups is 3. The van der Waals surface area contributed by atoms with Crippen molar-refractivity contribution >= 4 is 29.2 Å². The lowest BCUT2D eigenvalue weighted by molar-refractivity contribution is -0.144. The molecule has 0 aromatic heterocycles. The molecule has 1 aromatic rings. The topological polar surface area (TPSA) is 88.1 Å². The lowest BCUT2D eigenvalue weighted by atomic mass is 10.1. The molecule has 0 bridgehead atoms. The zero-order valence-corrected chi connectivity index (χ0v) is 16.4. The van der Waals surface area contributed by atoms with Gasteiger partial charge in [0.05, 0.1) is 12.3 Å². The fourth-order valence-electron chi connectivity index (χ4n) is 2.80. The van der Waals surface area contributed by atoms with Gasteiger partial charge in [-0.15, -0.1) is 0 Å². The first-order chi connectivity index (χ1) is 12.8. The van der Waals surface area contributed by atoms with Crippen LogP contribution in [0.15, 0.2) is 23.3 Å². The van der Waals surface area contributed by atoms with Crippen LogP contribution < -0.4 is 10.3 Å². The van der Waals surface area contributed by atoms with E-state index in [1.54, 1.807) is 6.92 Å². The van der Waals surface area contributed by atoms with E-state index in [2.05, 4.69) is 10.4 Å². The molecule has 0 fully saturated rings. The molecule has 7 nitrogen and oxygen atoms in total. The number of nitrogens with one attached hydrogen (secondary N) is 1. The fourth-order valence-corrected chi connectivity index (χ4v) is 2.80. The Bertz CT molecular complexity index is 758. The first kappa shape index (κ1) is 20.6. The van der Waals surface area contributed by atoms with Gasteiger partial charge in [0, 0.05) is 25.8 Å². The van der Waals surface area contributed by atoms with Gasteiger partial charge in [0.15, 0.2) is 0 Å². The Morgan fingerprint density at radius 2 is 2.04 bits per heavy atom. The van der Waals surface area contributed by atoms with E-state index in [4.69, 9.17) is 4.74 Å². The summed E-state index contributed by atoms with van der Waals surface area (Å²) < 4.78 is 4.91. The summed E-state index contributed by atoms with van der Waals surface area (Å²) in [6.07, 6.45) is 0.782. The van der Waals surface area contributed by atoms with Gasteiger partial charge in [0.25, 0.3) is 5.91 Å². The normalized spacial score (nSPS) is 15.2. The molecule has 0 aliphatic carbocycles. The lowest BCUT2D eigenvalue weighted by Gasteiger charge is -2.25. The number of hydrazone groups is 1. The molecule has 2 rings (SSSR count). The summed E-state index contributed by atoms with van der Waals surface area (Å²) in [5, 5.41) is 8.42. The quantitative estimate of drug-likeness (QED) is 0.744. The molecule has 0 saturated carbocycles. The van der Waals surface area contributed by atoms with E-state index in [-0.39, 0.29) is 36.5 Å². The van der Waals surface area contributed by atoms with Crippen molar-refractivity contribution < 1.29 is 19.1 Å². The van der Waals surface area contributed by atoms with Crippen molar-refractivity contribution in [2.75, 3.05) is 18.2 Å². The third-order valence-corrected chi connectivity index (χ3v) is 4.32. The fraction of sp³-hybridized carbons (Fsp3) is 0.500. The summed E-state index contributed by atoms with van der Waals surface area (Å²) in [5.74, 6) is -0.765. The van der Waals surface area contributed by atoms with Gasteiger partial charge in [-0.25, -0.2) is 5.01 Å². The van der Waals surface area contributed by atoms with E-state index in [1.807, 2.05) is 39.0 Å². The van der Waals surface area contributed by atoms with E-state index in [0.717, 1.165) is 11.1 Å². The third-order valence-electron chi connectivity index (χ3n) is 4.32. The highest BCUT2D eigenvalue weighted by atomic mass is 16.5. The molecular formula is C20H27N3O4. The molecular weight excluding hydrogens is 346 g/mol. The summed E-state index contributed by atoms with van der Waals surface area (Å²) >= 11 is 0. The molecule has 1 aliphatic rings. The van der Waals surface area contributed by atoms with E-state index in [1.165, 1.54) is 5.01 Å². The van der Waals surface area contributed by atoms with Crippen LogP contribution in [0.5, 0.6) is 0 Å². The van der Waals surface area contributed by atoms with Crippen LogP contribution in [0.3, 0.4) is 0 Å². The molecule has 0 spiro atoms. The number of hydrogen-bond acceptors (Lipinski definition) is 5. The smallest absolute Gasteiger partial charge is 0.306 e. The lowest BCUT2D eigenvalue weighted by Crippen LogP contribution is -2.40. The Kier molecular flexibility index (Phi) is 7.10. The molecule has 2 amide bonds. The largest absolute Gasteiger partial charge is 0.466 e. The maximum absolute atomic E-state index is 12.5. The Morgan fingerprint density at radius 1 is 1.30 bits per heavy atom. The monoisotopic (exact) mass is 373 g/mol. The number of ether oxygens (including phenoxy) is 1. The number of aryl methyl sites for hydroxylation is 2. The van der Waals surface area contributed by atoms with Crippen molar-refractivity contribution in [3.05, 3.63) is 29.3 Å². The van der Waals surface area contributed by atoms with Crippen molar-refractivity contribution in [3.8, 4) is 0 Å². The van der Waals surface area contributed by atoms with Gasteiger partial charge < -0.3 is 10.1 Å². The number of benzene rings is 1. The van der Waals surface area contributed by atoms with Gasteiger partial charge in [-0.2, -0.15) is 5.10 Å². The molecule has 1 heterocycles. The maximum atomic E-state index is 12.5. The second kappa shape index (κ2) is 9.30. The summed E-state index contributed by atoms with van der Waals surface area (Å²) in [6, 6.07) is 5.79. The second-order valence-electron chi connectivity index (χ2n) is 6.87. The molecule has 1 aromatic carbocycles. The highest BCUT2D eigenvalue weighted by Crippen LogP contribution is 2.25. The van der Waals surface area contributed by atoms with Crippen LogP contribution in [-0.4, -0.2) is 36.6 Å². The van der Waals surface area contributed by atoms with Crippen LogP contribution in [-0.2, 0) is 19.1 Å². The van der Waals surface area contributed by atoms with E-state index >= 15 is 0 Å². The minimum Gasteiger partial charge on any atom is -0.466 e. The molecule has 1 N–H and O–H groups in total. The highest BCUT2D eigenvalue weighted by Gasteiger charge is 2.26. The first-order valence-electron chi connectivity index (χ1n) is 9.23. The zero-order chi connectivity index (χ0) is 20.0. The number of hydrogen-bond donors (Lipinski definition) is 1. The van der Waals surface area contributed by atoms with Gasteiger partial charge in [0.1, 0.15) is 5.71 Å². The Morgan fingerprint density at radius 3 is 2.74 bits per heavy atom. The standard InChI is InChI=1S/C20H27N3O4/c1-5-27-19(25)11-14(3)12-21-20(26)16-8-9-18(24)23(22-16)17-10-13(2)6-7-15(17)4/h6-7,10,14H,5,8-9,11-12H2,1-4H3,(H,21,26). The highest BCUT2D eigenvalue weighted by molar-refractivity contribution is 6.40. The average Bonchev–Trinajstić information content (AvgIpc) is 2.62. The molecule has 0 saturated heterocycles. The number of rotatable bonds is 7. The molecule has 1 unspecified atom stereocenters. The number of nitrogens with zero attached hydrogens (tertiary/aromatic N) is 2. The zero-order valence-electron chi connectivity index (χ0n) is 16.4. The number of anilines is 1. The number of carbonyl (C=O) groups excluding carboxylic acids is 3. The predicted octanol–water partition coefficient (Wildman–Crippen LogP) is 2.49. The number of esters is 1. The minimum atomic E-state index is -0.312. The summed E-state index contributed by atoms with van der Waals surface area (Å²) in [4.78, 5) is 36.3. The Hall–Kier alpha value is -2.70. The van der Waals surface area contributed by atoms with Gasteiger partial charge in [0.2, 0.25) is 5.91 Å². The number of amides is 2. The summed E-state index contributed by atoms with van der Waals surface area (Å²) in [5.41, 5.74) is 2.95. The molecule has 7 heteroatoms. The van der Waals surface area contributed by atoms with Crippen LogP contribution in [0.2, 0.25) is 0 Å². The molecule has 27 heavy (non-hydrogen) atoms. The Labute approximate surface area is 159 Å². The van der Waals surface area contributed by atoms with Crippen LogP contribution >= 0.6 is 0 Å². The van der Waals surface area contributed by atoms with E-state index < -0.39 is 0 Å². The van der Waals surface area contributed by atoms with Gasteiger partial charge in [-0.05, 0) is 43.9 Å². The first-order valence-corrected chi connectivity index (χ1v) is 9.23. The second-order valence-corrected chi connectivity index (χ2v) is 6.87. The minimum absolute atomic E-state index is 0.0473.